The Morgan fingerprint density at radius 2 is 2.06 bits per heavy atom. The molecule has 102 valence electrons. The van der Waals surface area contributed by atoms with Gasteiger partial charge in [-0.25, -0.2) is 0 Å². The van der Waals surface area contributed by atoms with Gasteiger partial charge in [0.05, 0.1) is 6.61 Å². The Bertz CT molecular complexity index is 359. The van der Waals surface area contributed by atoms with Gasteiger partial charge in [-0.1, -0.05) is 12.2 Å². The molecule has 0 aromatic carbocycles. The van der Waals surface area contributed by atoms with Crippen molar-refractivity contribution in [2.45, 2.75) is 37.5 Å². The smallest absolute Gasteiger partial charge is 0.326 e. The summed E-state index contributed by atoms with van der Waals surface area (Å²) < 4.78 is 4.68. The highest BCUT2D eigenvalue weighted by Gasteiger charge is 2.51. The number of thioether (sulfide) groups is 1. The minimum atomic E-state index is -0.774. The highest BCUT2D eigenvalue weighted by atomic mass is 32.2. The Kier molecular flexibility index (Phi) is 4.34. The van der Waals surface area contributed by atoms with E-state index in [0.29, 0.717) is 12.2 Å². The van der Waals surface area contributed by atoms with Crippen molar-refractivity contribution < 1.29 is 14.6 Å². The van der Waals surface area contributed by atoms with Crippen molar-refractivity contribution >= 4 is 17.7 Å². The molecule has 1 fully saturated rings. The molecule has 0 saturated carbocycles. The van der Waals surface area contributed by atoms with Gasteiger partial charge in [-0.05, 0) is 27.2 Å². The molecule has 1 aliphatic rings. The molecule has 1 N–H and O–H groups in total. The number of aliphatic hydroxyl groups is 1. The second-order valence-corrected chi connectivity index (χ2v) is 7.09. The number of esters is 1. The lowest BCUT2D eigenvalue weighted by atomic mass is 9.81. The monoisotopic (exact) mass is 270 g/mol. The number of aliphatic hydroxyl groups excluding tert-OH is 1. The summed E-state index contributed by atoms with van der Waals surface area (Å²) in [5.41, 5.74) is -0.942. The second-order valence-electron chi connectivity index (χ2n) is 5.79. The highest BCUT2D eigenvalue weighted by molar-refractivity contribution is 8.01. The SMILES string of the molecule is C=C[C@]1(CO)CS[C@@](C=C)(C(=O)OC(C)(C)C)C1. The first-order valence-corrected chi connectivity index (χ1v) is 6.97. The fraction of sp³-hybridized carbons (Fsp3) is 0.643. The highest BCUT2D eigenvalue weighted by Crippen LogP contribution is 2.50. The average Bonchev–Trinajstić information content (AvgIpc) is 2.68. The Labute approximate surface area is 113 Å². The minimum Gasteiger partial charge on any atom is -0.459 e. The van der Waals surface area contributed by atoms with Gasteiger partial charge in [0.2, 0.25) is 0 Å². The summed E-state index contributed by atoms with van der Waals surface area (Å²) in [5, 5.41) is 9.49. The fourth-order valence-electron chi connectivity index (χ4n) is 1.90. The van der Waals surface area contributed by atoms with Gasteiger partial charge in [0.1, 0.15) is 10.3 Å². The molecule has 1 aliphatic heterocycles. The molecule has 1 saturated heterocycles. The minimum absolute atomic E-state index is 0.0120. The molecule has 0 aromatic rings. The molecule has 0 aliphatic carbocycles. The molecular weight excluding hydrogens is 248 g/mol. The van der Waals surface area contributed by atoms with Crippen LogP contribution in [-0.4, -0.2) is 33.8 Å². The molecule has 4 heteroatoms. The van der Waals surface area contributed by atoms with Crippen LogP contribution in [0.5, 0.6) is 0 Å². The molecule has 0 amide bonds. The number of carbonyl (C=O) groups excluding carboxylic acids is 1. The zero-order valence-electron chi connectivity index (χ0n) is 11.4. The van der Waals surface area contributed by atoms with Crippen LogP contribution in [0.25, 0.3) is 0 Å². The van der Waals surface area contributed by atoms with Crippen LogP contribution >= 0.6 is 11.8 Å². The van der Waals surface area contributed by atoms with E-state index in [1.165, 1.54) is 11.8 Å². The summed E-state index contributed by atoms with van der Waals surface area (Å²) >= 11 is 1.47. The third-order valence-corrected chi connectivity index (χ3v) is 4.77. The number of ether oxygens (including phenoxy) is 1. The Balaban J connectivity index is 2.93. The van der Waals surface area contributed by atoms with Crippen LogP contribution in [-0.2, 0) is 9.53 Å². The third-order valence-electron chi connectivity index (χ3n) is 3.05. The van der Waals surface area contributed by atoms with Crippen LogP contribution in [0.2, 0.25) is 0 Å². The van der Waals surface area contributed by atoms with Crippen molar-refractivity contribution in [2.75, 3.05) is 12.4 Å². The quantitative estimate of drug-likeness (QED) is 0.630. The Morgan fingerprint density at radius 1 is 1.44 bits per heavy atom. The zero-order valence-corrected chi connectivity index (χ0v) is 12.2. The molecule has 2 atom stereocenters. The standard InChI is InChI=1S/C14H22O3S/c1-6-13(9-15)8-14(7-2,18-10-13)11(16)17-12(3,4)5/h6-7,15H,1-2,8-10H2,3-5H3/t13-,14+/m0/s1. The van der Waals surface area contributed by atoms with E-state index in [0.717, 1.165) is 0 Å². The van der Waals surface area contributed by atoms with Crippen molar-refractivity contribution in [1.82, 2.24) is 0 Å². The van der Waals surface area contributed by atoms with E-state index in [2.05, 4.69) is 13.2 Å². The maximum absolute atomic E-state index is 12.3. The summed E-state index contributed by atoms with van der Waals surface area (Å²) in [7, 11) is 0. The van der Waals surface area contributed by atoms with Crippen molar-refractivity contribution in [3.8, 4) is 0 Å². The van der Waals surface area contributed by atoms with Crippen molar-refractivity contribution in [3.05, 3.63) is 25.3 Å². The number of rotatable bonds is 4. The van der Waals surface area contributed by atoms with Crippen LogP contribution in [0.3, 0.4) is 0 Å². The first-order valence-electron chi connectivity index (χ1n) is 5.98. The summed E-state index contributed by atoms with van der Waals surface area (Å²) in [6.07, 6.45) is 3.85. The second kappa shape index (κ2) is 5.10. The van der Waals surface area contributed by atoms with Gasteiger partial charge >= 0.3 is 5.97 Å². The van der Waals surface area contributed by atoms with Gasteiger partial charge in [-0.15, -0.1) is 24.9 Å². The van der Waals surface area contributed by atoms with E-state index in [-0.39, 0.29) is 12.6 Å². The van der Waals surface area contributed by atoms with E-state index >= 15 is 0 Å². The van der Waals surface area contributed by atoms with Crippen molar-refractivity contribution in [1.29, 1.82) is 0 Å². The Morgan fingerprint density at radius 3 is 2.39 bits per heavy atom. The van der Waals surface area contributed by atoms with Crippen LogP contribution < -0.4 is 0 Å². The molecule has 1 heterocycles. The van der Waals surface area contributed by atoms with Crippen LogP contribution in [0.1, 0.15) is 27.2 Å². The lowest BCUT2D eigenvalue weighted by molar-refractivity contribution is -0.156. The maximum Gasteiger partial charge on any atom is 0.326 e. The van der Waals surface area contributed by atoms with Gasteiger partial charge in [0.25, 0.3) is 0 Å². The summed E-state index contributed by atoms with van der Waals surface area (Å²) in [6.45, 7) is 13.0. The lowest BCUT2D eigenvalue weighted by Crippen LogP contribution is -2.39. The normalized spacial score (nSPS) is 32.0. The molecule has 0 bridgehead atoms. The first-order chi connectivity index (χ1) is 8.22. The topological polar surface area (TPSA) is 46.5 Å². The third kappa shape index (κ3) is 2.98. The van der Waals surface area contributed by atoms with Gasteiger partial charge in [-0.2, -0.15) is 0 Å². The molecule has 1 rings (SSSR count). The molecule has 3 nitrogen and oxygen atoms in total. The molecule has 18 heavy (non-hydrogen) atoms. The Hall–Kier alpha value is -0.740. The maximum atomic E-state index is 12.3. The average molecular weight is 270 g/mol. The first kappa shape index (κ1) is 15.3. The van der Waals surface area contributed by atoms with E-state index in [9.17, 15) is 9.90 Å². The van der Waals surface area contributed by atoms with Crippen molar-refractivity contribution in [2.24, 2.45) is 5.41 Å². The van der Waals surface area contributed by atoms with Crippen LogP contribution in [0.4, 0.5) is 0 Å². The number of carbonyl (C=O) groups is 1. The number of hydrogen-bond acceptors (Lipinski definition) is 4. The van der Waals surface area contributed by atoms with Crippen molar-refractivity contribution in [3.63, 3.8) is 0 Å². The van der Waals surface area contributed by atoms with Crippen LogP contribution in [0.15, 0.2) is 25.3 Å². The summed E-state index contributed by atoms with van der Waals surface area (Å²) in [6, 6.07) is 0. The summed E-state index contributed by atoms with van der Waals surface area (Å²) in [5.74, 6) is 0.366. The zero-order chi connectivity index (χ0) is 14.0. The van der Waals surface area contributed by atoms with E-state index < -0.39 is 15.8 Å². The summed E-state index contributed by atoms with van der Waals surface area (Å²) in [4.78, 5) is 12.3. The fourth-order valence-corrected chi connectivity index (χ4v) is 3.43. The molecule has 0 unspecified atom stereocenters. The van der Waals surface area contributed by atoms with Gasteiger partial charge in [0.15, 0.2) is 0 Å². The lowest BCUT2D eigenvalue weighted by Gasteiger charge is -2.29. The number of hydrogen-bond donors (Lipinski definition) is 1. The molecule has 0 radical (unpaired) electrons. The predicted molar refractivity (Wildman–Crippen MR) is 75.6 cm³/mol. The van der Waals surface area contributed by atoms with E-state index in [4.69, 9.17) is 4.74 Å². The van der Waals surface area contributed by atoms with Gasteiger partial charge < -0.3 is 9.84 Å². The molecule has 0 aromatic heterocycles. The molecule has 0 spiro atoms. The van der Waals surface area contributed by atoms with E-state index in [1.807, 2.05) is 20.8 Å². The van der Waals surface area contributed by atoms with E-state index in [1.54, 1.807) is 12.2 Å². The van der Waals surface area contributed by atoms with Gasteiger partial charge in [0, 0.05) is 11.2 Å². The van der Waals surface area contributed by atoms with Crippen LogP contribution in [0, 0.1) is 5.41 Å². The van der Waals surface area contributed by atoms with Gasteiger partial charge in [-0.3, -0.25) is 4.79 Å². The predicted octanol–water partition coefficient (Wildman–Crippen LogP) is 2.55. The largest absolute Gasteiger partial charge is 0.459 e. The molecular formula is C14H22O3S.